The van der Waals surface area contributed by atoms with Crippen molar-refractivity contribution >= 4 is 15.9 Å². The highest BCUT2D eigenvalue weighted by Crippen LogP contribution is 2.25. The van der Waals surface area contributed by atoms with Crippen LogP contribution in [0.3, 0.4) is 0 Å². The second kappa shape index (κ2) is 5.43. The van der Waals surface area contributed by atoms with Gasteiger partial charge in [-0.1, -0.05) is 46.3 Å². The van der Waals surface area contributed by atoms with Gasteiger partial charge in [0.2, 0.25) is 0 Å². The first-order valence-corrected chi connectivity index (χ1v) is 6.19. The molecule has 0 fully saturated rings. The summed E-state index contributed by atoms with van der Waals surface area (Å²) in [6.07, 6.45) is 0. The predicted molar refractivity (Wildman–Crippen MR) is 71.4 cm³/mol. The highest BCUT2D eigenvalue weighted by atomic mass is 79.9. The van der Waals surface area contributed by atoms with E-state index in [1.165, 1.54) is 6.07 Å². The molecule has 3 heteroatoms. The predicted octanol–water partition coefficient (Wildman–Crippen LogP) is 3.90. The van der Waals surface area contributed by atoms with Gasteiger partial charge < -0.3 is 5.32 Å². The van der Waals surface area contributed by atoms with Crippen molar-refractivity contribution in [2.24, 2.45) is 0 Å². The van der Waals surface area contributed by atoms with Gasteiger partial charge in [-0.2, -0.15) is 0 Å². The molecule has 0 saturated carbocycles. The number of benzene rings is 2. The van der Waals surface area contributed by atoms with E-state index in [1.807, 2.05) is 37.4 Å². The molecule has 0 aliphatic carbocycles. The summed E-state index contributed by atoms with van der Waals surface area (Å²) in [7, 11) is 1.83. The first-order valence-electron chi connectivity index (χ1n) is 5.39. The van der Waals surface area contributed by atoms with Crippen LogP contribution in [-0.2, 0) is 0 Å². The van der Waals surface area contributed by atoms with E-state index in [0.29, 0.717) is 5.56 Å². The first kappa shape index (κ1) is 12.3. The summed E-state index contributed by atoms with van der Waals surface area (Å²) in [5.74, 6) is -0.188. The summed E-state index contributed by atoms with van der Waals surface area (Å²) in [6.45, 7) is 0. The van der Waals surface area contributed by atoms with Gasteiger partial charge in [0, 0.05) is 10.0 Å². The molecule has 2 aromatic carbocycles. The minimum absolute atomic E-state index is 0.131. The van der Waals surface area contributed by atoms with Gasteiger partial charge in [0.05, 0.1) is 6.04 Å². The molecule has 1 nitrogen and oxygen atoms in total. The summed E-state index contributed by atoms with van der Waals surface area (Å²) < 4.78 is 14.8. The Hall–Kier alpha value is -1.19. The fourth-order valence-corrected chi connectivity index (χ4v) is 2.31. The van der Waals surface area contributed by atoms with Gasteiger partial charge in [-0.05, 0) is 30.8 Å². The van der Waals surface area contributed by atoms with Crippen LogP contribution in [0.2, 0.25) is 0 Å². The largest absolute Gasteiger partial charge is 0.309 e. The molecule has 88 valence electrons. The summed E-state index contributed by atoms with van der Waals surface area (Å²) >= 11 is 3.43. The zero-order chi connectivity index (χ0) is 12.3. The lowest BCUT2D eigenvalue weighted by Crippen LogP contribution is -2.18. The van der Waals surface area contributed by atoms with Gasteiger partial charge in [0.15, 0.2) is 0 Å². The van der Waals surface area contributed by atoms with Crippen LogP contribution in [0.4, 0.5) is 4.39 Å². The standard InChI is InChI=1S/C14H13BrFN/c1-17-14(10-5-4-6-11(15)9-10)12-7-2-3-8-13(12)16/h2-9,14,17H,1H3. The molecule has 0 saturated heterocycles. The molecule has 0 aliphatic rings. The molecule has 1 atom stereocenters. The van der Waals surface area contributed by atoms with Crippen molar-refractivity contribution in [3.05, 3.63) is 69.9 Å². The van der Waals surface area contributed by atoms with Crippen molar-refractivity contribution in [3.63, 3.8) is 0 Å². The number of hydrogen-bond acceptors (Lipinski definition) is 1. The second-order valence-corrected chi connectivity index (χ2v) is 4.71. The third-order valence-electron chi connectivity index (χ3n) is 2.69. The van der Waals surface area contributed by atoms with E-state index >= 15 is 0 Å². The Morgan fingerprint density at radius 2 is 1.88 bits per heavy atom. The number of nitrogens with one attached hydrogen (secondary N) is 1. The van der Waals surface area contributed by atoms with Crippen LogP contribution >= 0.6 is 15.9 Å². The Labute approximate surface area is 109 Å². The summed E-state index contributed by atoms with van der Waals surface area (Å²) in [5.41, 5.74) is 1.69. The molecule has 0 heterocycles. The van der Waals surface area contributed by atoms with Gasteiger partial charge in [-0.25, -0.2) is 4.39 Å². The fourth-order valence-electron chi connectivity index (χ4n) is 1.90. The quantitative estimate of drug-likeness (QED) is 0.905. The average molecular weight is 294 g/mol. The Morgan fingerprint density at radius 3 is 2.53 bits per heavy atom. The number of rotatable bonds is 3. The molecule has 0 radical (unpaired) electrons. The van der Waals surface area contributed by atoms with Gasteiger partial charge in [-0.3, -0.25) is 0 Å². The highest BCUT2D eigenvalue weighted by Gasteiger charge is 2.15. The van der Waals surface area contributed by atoms with Crippen molar-refractivity contribution in [1.82, 2.24) is 5.32 Å². The maximum Gasteiger partial charge on any atom is 0.128 e. The fraction of sp³-hybridized carbons (Fsp3) is 0.143. The molecule has 1 N–H and O–H groups in total. The molecule has 17 heavy (non-hydrogen) atoms. The molecular formula is C14H13BrFN. The molecule has 0 aliphatic heterocycles. The molecule has 1 unspecified atom stereocenters. The lowest BCUT2D eigenvalue weighted by Gasteiger charge is -2.18. The van der Waals surface area contributed by atoms with Gasteiger partial charge in [0.25, 0.3) is 0 Å². The summed E-state index contributed by atoms with van der Waals surface area (Å²) in [5, 5.41) is 3.14. The van der Waals surface area contributed by atoms with E-state index in [-0.39, 0.29) is 11.9 Å². The minimum Gasteiger partial charge on any atom is -0.309 e. The Balaban J connectivity index is 2.44. The van der Waals surface area contributed by atoms with E-state index in [1.54, 1.807) is 12.1 Å². The van der Waals surface area contributed by atoms with E-state index in [9.17, 15) is 4.39 Å². The van der Waals surface area contributed by atoms with E-state index in [0.717, 1.165) is 10.0 Å². The van der Waals surface area contributed by atoms with Crippen LogP contribution in [0.1, 0.15) is 17.2 Å². The maximum absolute atomic E-state index is 13.8. The monoisotopic (exact) mass is 293 g/mol. The molecule has 0 spiro atoms. The molecular weight excluding hydrogens is 281 g/mol. The van der Waals surface area contributed by atoms with Crippen LogP contribution in [0.5, 0.6) is 0 Å². The summed E-state index contributed by atoms with van der Waals surface area (Å²) in [6, 6.07) is 14.6. The van der Waals surface area contributed by atoms with E-state index < -0.39 is 0 Å². The number of halogens is 2. The van der Waals surface area contributed by atoms with Crippen molar-refractivity contribution in [3.8, 4) is 0 Å². The smallest absolute Gasteiger partial charge is 0.128 e. The number of hydrogen-bond donors (Lipinski definition) is 1. The van der Waals surface area contributed by atoms with Crippen LogP contribution in [0.15, 0.2) is 53.0 Å². The second-order valence-electron chi connectivity index (χ2n) is 3.80. The molecule has 0 aromatic heterocycles. The molecule has 0 amide bonds. The minimum atomic E-state index is -0.188. The third kappa shape index (κ3) is 2.73. The lowest BCUT2D eigenvalue weighted by atomic mass is 9.98. The van der Waals surface area contributed by atoms with Crippen LogP contribution < -0.4 is 5.32 Å². The maximum atomic E-state index is 13.8. The molecule has 2 aromatic rings. The first-order chi connectivity index (χ1) is 8.22. The SMILES string of the molecule is CNC(c1cccc(Br)c1)c1ccccc1F. The van der Waals surface area contributed by atoms with Gasteiger partial charge in [0.1, 0.15) is 5.82 Å². The van der Waals surface area contributed by atoms with E-state index in [2.05, 4.69) is 21.2 Å². The van der Waals surface area contributed by atoms with Crippen LogP contribution in [-0.4, -0.2) is 7.05 Å². The molecule has 0 bridgehead atoms. The van der Waals surface area contributed by atoms with Gasteiger partial charge in [-0.15, -0.1) is 0 Å². The average Bonchev–Trinajstić information content (AvgIpc) is 2.33. The summed E-state index contributed by atoms with van der Waals surface area (Å²) in [4.78, 5) is 0. The molecule has 2 rings (SSSR count). The van der Waals surface area contributed by atoms with Crippen molar-refractivity contribution in [2.45, 2.75) is 6.04 Å². The zero-order valence-corrected chi connectivity index (χ0v) is 11.0. The van der Waals surface area contributed by atoms with Crippen molar-refractivity contribution in [2.75, 3.05) is 7.05 Å². The van der Waals surface area contributed by atoms with E-state index in [4.69, 9.17) is 0 Å². The van der Waals surface area contributed by atoms with Gasteiger partial charge >= 0.3 is 0 Å². The highest BCUT2D eigenvalue weighted by molar-refractivity contribution is 9.10. The third-order valence-corrected chi connectivity index (χ3v) is 3.18. The Kier molecular flexibility index (Phi) is 3.92. The zero-order valence-electron chi connectivity index (χ0n) is 9.45. The van der Waals surface area contributed by atoms with Crippen molar-refractivity contribution < 1.29 is 4.39 Å². The lowest BCUT2D eigenvalue weighted by molar-refractivity contribution is 0.576. The Morgan fingerprint density at radius 1 is 1.12 bits per heavy atom. The topological polar surface area (TPSA) is 12.0 Å². The van der Waals surface area contributed by atoms with Crippen LogP contribution in [0, 0.1) is 5.82 Å². The van der Waals surface area contributed by atoms with Crippen molar-refractivity contribution in [1.29, 1.82) is 0 Å². The van der Waals surface area contributed by atoms with Crippen LogP contribution in [0.25, 0.3) is 0 Å². The Bertz CT molecular complexity index is 513. The normalized spacial score (nSPS) is 12.4.